The molecule has 0 aromatic rings. The molecule has 0 spiro atoms. The molecule has 0 unspecified atom stereocenters. The second-order valence-corrected chi connectivity index (χ2v) is 34.1. The number of carboxylic acid groups (broad SMARTS) is 4. The molecule has 0 aromatic heterocycles. The molecule has 12 aliphatic carbocycles. The topological polar surface area (TPSA) is 161 Å². The molecule has 9 heteroatoms. The molecule has 12 rings (SSSR count). The van der Waals surface area contributed by atoms with Crippen molar-refractivity contribution in [1.82, 2.24) is 0 Å². The van der Waals surface area contributed by atoms with Crippen LogP contribution in [0.3, 0.4) is 0 Å². The Kier molecular flexibility index (Phi) is 21.6. The van der Waals surface area contributed by atoms with E-state index in [0.717, 1.165) is 103 Å². The number of fused-ring (bicyclic) bond motifs is 12. The number of carbonyl (C=O) groups is 4. The molecule has 0 aliphatic heterocycles. The molecule has 89 heavy (non-hydrogen) atoms. The third-order valence-electron chi connectivity index (χ3n) is 28.2. The summed E-state index contributed by atoms with van der Waals surface area (Å²) in [6.07, 6.45) is 43.9. The Hall–Kier alpha value is -3.28. The predicted octanol–water partition coefficient (Wildman–Crippen LogP) is 15.1. The molecule has 16 atom stereocenters. The maximum atomic E-state index is 11.8. The van der Waals surface area contributed by atoms with E-state index in [9.17, 15) is 39.6 Å². The fourth-order valence-corrected chi connectivity index (χ4v) is 22.4. The van der Waals surface area contributed by atoms with Crippen molar-refractivity contribution < 1.29 is 39.6 Å². The van der Waals surface area contributed by atoms with Gasteiger partial charge in [0, 0.05) is 72.8 Å². The molecule has 492 valence electrons. The maximum absolute atomic E-state index is 11.8. The number of hydrogen-bond acceptors (Lipinski definition) is 8. The van der Waals surface area contributed by atoms with Crippen LogP contribution in [0.4, 0.5) is 0 Å². The Morgan fingerprint density at radius 1 is 0.337 bits per heavy atom. The first-order valence-corrected chi connectivity index (χ1v) is 35.6. The summed E-state index contributed by atoms with van der Waals surface area (Å²) in [7, 11) is 0. The summed E-state index contributed by atoms with van der Waals surface area (Å²) >= 11 is 0. The zero-order valence-corrected chi connectivity index (χ0v) is 62.2. The third-order valence-corrected chi connectivity index (χ3v) is 28.2. The molecule has 0 aromatic carbocycles. The maximum Gasteiger partial charge on any atom is 0.0476 e. The average molecular weight is 1410 g/mol. The zero-order chi connectivity index (χ0) is 64.5. The van der Waals surface area contributed by atoms with Gasteiger partial charge in [-0.2, -0.15) is 0 Å². The van der Waals surface area contributed by atoms with Gasteiger partial charge >= 0.3 is 0 Å². The van der Waals surface area contributed by atoms with Gasteiger partial charge in [0.1, 0.15) is 0 Å². The van der Waals surface area contributed by atoms with E-state index in [1.807, 2.05) is 27.7 Å². The van der Waals surface area contributed by atoms with Gasteiger partial charge in [0.05, 0.1) is 0 Å². The van der Waals surface area contributed by atoms with Crippen molar-refractivity contribution in [3.05, 3.63) is 93.2 Å². The van der Waals surface area contributed by atoms with Crippen LogP contribution in [0.2, 0.25) is 0 Å². The molecule has 4 radical (unpaired) electrons. The molecule has 0 bridgehead atoms. The van der Waals surface area contributed by atoms with Gasteiger partial charge in [0.15, 0.2) is 0 Å². The Morgan fingerprint density at radius 3 is 0.674 bits per heavy atom. The second-order valence-electron chi connectivity index (χ2n) is 34.1. The number of aliphatic carboxylic acids is 4. The Morgan fingerprint density at radius 2 is 0.517 bits per heavy atom. The van der Waals surface area contributed by atoms with Crippen molar-refractivity contribution in [3.8, 4) is 0 Å². The summed E-state index contributed by atoms with van der Waals surface area (Å²) in [6, 6.07) is 0. The van der Waals surface area contributed by atoms with Crippen LogP contribution in [0.25, 0.3) is 0 Å². The molecule has 0 amide bonds. The number of allylic oxidation sites excluding steroid dienone is 16. The minimum atomic E-state index is -0.838. The minimum absolute atomic E-state index is 0. The zero-order valence-electron chi connectivity index (χ0n) is 58.3. The summed E-state index contributed by atoms with van der Waals surface area (Å²) < 4.78 is 0. The number of carboxylic acids is 4. The van der Waals surface area contributed by atoms with Gasteiger partial charge in [-0.15, -0.1) is 0 Å². The standard InChI is InChI=1S/4C20H30O2.Pb/c4*1-13(2)14-6-8-16-15(12-14)7-9-17-19(16,3)10-5-11-20(17,4)18(21)22;/h4*7,12-13,16-17H,5-6,8-11H2,1-4H3,(H,21,22);/p-4/t4*16-,17+,19+,20+;/m0000./s1. The van der Waals surface area contributed by atoms with Crippen molar-refractivity contribution in [1.29, 1.82) is 0 Å². The van der Waals surface area contributed by atoms with E-state index in [4.69, 9.17) is 0 Å². The first-order valence-electron chi connectivity index (χ1n) is 35.6. The normalized spacial score (nSPS) is 40.9. The fourth-order valence-electron chi connectivity index (χ4n) is 22.4. The van der Waals surface area contributed by atoms with Crippen molar-refractivity contribution in [2.75, 3.05) is 0 Å². The van der Waals surface area contributed by atoms with Crippen LogP contribution in [-0.2, 0) is 19.2 Å². The van der Waals surface area contributed by atoms with Gasteiger partial charge in [0.25, 0.3) is 0 Å². The summed E-state index contributed by atoms with van der Waals surface area (Å²) in [6.45, 7) is 35.3. The summed E-state index contributed by atoms with van der Waals surface area (Å²) in [5, 5.41) is 47.3. The monoisotopic (exact) mass is 1410 g/mol. The largest absolute Gasteiger partial charge is 0.550 e. The van der Waals surface area contributed by atoms with Crippen LogP contribution in [0.15, 0.2) is 93.2 Å². The van der Waals surface area contributed by atoms with E-state index in [0.29, 0.717) is 47.3 Å². The van der Waals surface area contributed by atoms with Gasteiger partial charge < -0.3 is 39.6 Å². The van der Waals surface area contributed by atoms with Crippen LogP contribution in [0, 0.1) is 114 Å². The molecular formula is C80H116O8Pb-4. The average Bonchev–Trinajstić information content (AvgIpc) is 1.00. The van der Waals surface area contributed by atoms with Crippen molar-refractivity contribution in [2.45, 2.75) is 265 Å². The molecule has 4 saturated carbocycles. The van der Waals surface area contributed by atoms with E-state index in [-0.39, 0.29) is 72.6 Å². The van der Waals surface area contributed by atoms with Crippen molar-refractivity contribution in [2.24, 2.45) is 114 Å². The quantitative estimate of drug-likeness (QED) is 0.217. The van der Waals surface area contributed by atoms with Crippen LogP contribution in [0.5, 0.6) is 0 Å². The fraction of sp³-hybridized carbons (Fsp3) is 0.750. The minimum Gasteiger partial charge on any atom is -0.550 e. The molecule has 4 fully saturated rings. The molecule has 0 heterocycles. The molecule has 0 N–H and O–H groups in total. The number of rotatable bonds is 8. The van der Waals surface area contributed by atoms with Gasteiger partial charge in [-0.3, -0.25) is 0 Å². The first-order chi connectivity index (χ1) is 41.1. The van der Waals surface area contributed by atoms with Gasteiger partial charge in [-0.1, -0.05) is 207 Å². The molecule has 0 saturated heterocycles. The molecule has 8 nitrogen and oxygen atoms in total. The van der Waals surface area contributed by atoms with E-state index in [2.05, 4.69) is 132 Å². The van der Waals surface area contributed by atoms with Gasteiger partial charge in [-0.05, 0) is 243 Å². The van der Waals surface area contributed by atoms with E-state index in [1.165, 1.54) is 73.7 Å². The number of carbonyl (C=O) groups excluding carboxylic acids is 4. The SMILES string of the molecule is CC(C)C1=CC2=CC[C@@H]3[C@](C)(CCC[C@@]3(C)C(=O)[O-])[C@H]2CC1.CC(C)C1=CC2=CC[C@@H]3[C@](C)(CCC[C@@]3(C)C(=O)[O-])[C@H]2CC1.CC(C)C1=CC2=CC[C@@H]3[C@](C)(CCC[C@@]3(C)C(=O)[O-])[C@H]2CC1.CC(C)C1=CC2=CC[C@@H]3[C@](C)(CCC[C@@]3(C)C(=O)[O-])[C@H]2CC1.[Pb]. The Bertz CT molecular complexity index is 2570. The second kappa shape index (κ2) is 26.8. The summed E-state index contributed by atoms with van der Waals surface area (Å²) in [5.74, 6) is 2.15. The Balaban J connectivity index is 0.000000153. The van der Waals surface area contributed by atoms with E-state index < -0.39 is 45.5 Å². The van der Waals surface area contributed by atoms with Gasteiger partial charge in [-0.25, -0.2) is 0 Å². The van der Waals surface area contributed by atoms with Crippen LogP contribution >= 0.6 is 0 Å². The van der Waals surface area contributed by atoms with Crippen molar-refractivity contribution in [3.63, 3.8) is 0 Å². The van der Waals surface area contributed by atoms with Crippen molar-refractivity contribution >= 4 is 51.2 Å². The smallest absolute Gasteiger partial charge is 0.0476 e. The molecular weight excluding hydrogens is 1300 g/mol. The van der Waals surface area contributed by atoms with Crippen LogP contribution in [0.1, 0.15) is 265 Å². The summed E-state index contributed by atoms with van der Waals surface area (Å²) in [5.41, 5.74) is 10.0. The molecule has 12 aliphatic rings. The van der Waals surface area contributed by atoms with Crippen LogP contribution in [-0.4, -0.2) is 51.2 Å². The predicted molar refractivity (Wildman–Crippen MR) is 353 cm³/mol. The van der Waals surface area contributed by atoms with Gasteiger partial charge in [0.2, 0.25) is 0 Å². The van der Waals surface area contributed by atoms with E-state index >= 15 is 0 Å². The third kappa shape index (κ3) is 12.8. The number of hydrogen-bond donors (Lipinski definition) is 0. The first kappa shape index (κ1) is 71.6. The van der Waals surface area contributed by atoms with Crippen LogP contribution < -0.4 is 20.4 Å². The summed E-state index contributed by atoms with van der Waals surface area (Å²) in [4.78, 5) is 47.3. The van der Waals surface area contributed by atoms with E-state index in [1.54, 1.807) is 22.3 Å². The Labute approximate surface area is 559 Å².